The van der Waals surface area contributed by atoms with E-state index in [0.29, 0.717) is 33.5 Å². The average molecular weight is 406 g/mol. The van der Waals surface area contributed by atoms with Gasteiger partial charge < -0.3 is 9.88 Å². The summed E-state index contributed by atoms with van der Waals surface area (Å²) in [6.45, 7) is 1.42. The summed E-state index contributed by atoms with van der Waals surface area (Å²) < 4.78 is 17.8. The molecule has 4 rings (SSSR count). The lowest BCUT2D eigenvalue weighted by atomic mass is 10.1. The van der Waals surface area contributed by atoms with Crippen LogP contribution in [0.3, 0.4) is 0 Å². The molecule has 0 bridgehead atoms. The molecular weight excluding hydrogens is 387 g/mol. The summed E-state index contributed by atoms with van der Waals surface area (Å²) in [6, 6.07) is 12.9. The number of aromatic nitrogens is 3. The van der Waals surface area contributed by atoms with Crippen molar-refractivity contribution in [1.29, 1.82) is 0 Å². The molecule has 0 aliphatic rings. The first-order valence-electron chi connectivity index (χ1n) is 9.23. The Hall–Kier alpha value is -3.94. The molecule has 2 aromatic carbocycles. The quantitative estimate of drug-likeness (QED) is 0.568. The molecular formula is C22H19FN4O3. The number of nitrogens with zero attached hydrogens (tertiary/aromatic N) is 3. The fourth-order valence-corrected chi connectivity index (χ4v) is 3.57. The monoisotopic (exact) mass is 406 g/mol. The molecule has 0 atom stereocenters. The van der Waals surface area contributed by atoms with Crippen LogP contribution in [0.25, 0.3) is 27.8 Å². The highest BCUT2D eigenvalue weighted by Crippen LogP contribution is 2.31. The Morgan fingerprint density at radius 2 is 1.70 bits per heavy atom. The number of nitrogens with one attached hydrogen (secondary N) is 1. The number of anilines is 1. The first-order valence-corrected chi connectivity index (χ1v) is 9.23. The van der Waals surface area contributed by atoms with Crippen LogP contribution in [0.2, 0.25) is 0 Å². The lowest BCUT2D eigenvalue weighted by molar-refractivity contribution is -0.114. The standard InChI is InChI=1S/C22H19FN4O3/c1-13(28)24-16-5-4-6-17(11-16)27-12-18-19(21(29)26(3)22(30)25(18)2)20(27)14-7-9-15(23)10-8-14/h4-12H,1-3H3,(H,24,28). The molecule has 4 aromatic rings. The highest BCUT2D eigenvalue weighted by Gasteiger charge is 2.20. The van der Waals surface area contributed by atoms with E-state index in [9.17, 15) is 18.8 Å². The number of hydrogen-bond acceptors (Lipinski definition) is 3. The van der Waals surface area contributed by atoms with Gasteiger partial charge in [-0.05, 0) is 48.0 Å². The molecule has 0 aliphatic heterocycles. The van der Waals surface area contributed by atoms with Crippen molar-refractivity contribution in [3.8, 4) is 16.9 Å². The molecule has 8 heteroatoms. The SMILES string of the molecule is CC(=O)Nc1cccc(-n2cc3c(c2-c2ccc(F)cc2)c(=O)n(C)c(=O)n3C)c1. The van der Waals surface area contributed by atoms with Crippen molar-refractivity contribution in [2.45, 2.75) is 6.92 Å². The van der Waals surface area contributed by atoms with Gasteiger partial charge in [0.2, 0.25) is 5.91 Å². The van der Waals surface area contributed by atoms with Crippen molar-refractivity contribution in [2.75, 3.05) is 5.32 Å². The Balaban J connectivity index is 2.11. The fraction of sp³-hybridized carbons (Fsp3) is 0.136. The molecule has 1 amide bonds. The number of rotatable bonds is 3. The molecule has 0 aliphatic carbocycles. The Kier molecular flexibility index (Phi) is 4.62. The summed E-state index contributed by atoms with van der Waals surface area (Å²) >= 11 is 0. The zero-order valence-electron chi connectivity index (χ0n) is 16.6. The predicted octanol–water partition coefficient (Wildman–Crippen LogP) is 2.79. The smallest absolute Gasteiger partial charge is 0.326 e. The highest BCUT2D eigenvalue weighted by atomic mass is 19.1. The van der Waals surface area contributed by atoms with E-state index >= 15 is 0 Å². The second-order valence-electron chi connectivity index (χ2n) is 7.05. The molecule has 7 nitrogen and oxygen atoms in total. The number of benzene rings is 2. The van der Waals surface area contributed by atoms with Gasteiger partial charge in [0.15, 0.2) is 0 Å². The van der Waals surface area contributed by atoms with Crippen LogP contribution < -0.4 is 16.6 Å². The number of hydrogen-bond donors (Lipinski definition) is 1. The molecule has 0 spiro atoms. The van der Waals surface area contributed by atoms with Crippen LogP contribution in [-0.4, -0.2) is 19.6 Å². The molecule has 0 unspecified atom stereocenters. The van der Waals surface area contributed by atoms with E-state index in [4.69, 9.17) is 0 Å². The van der Waals surface area contributed by atoms with Gasteiger partial charge in [0, 0.05) is 38.6 Å². The minimum absolute atomic E-state index is 0.208. The molecule has 2 aromatic heterocycles. The van der Waals surface area contributed by atoms with Crippen molar-refractivity contribution in [1.82, 2.24) is 13.7 Å². The highest BCUT2D eigenvalue weighted by molar-refractivity contribution is 5.95. The van der Waals surface area contributed by atoms with Gasteiger partial charge in [-0.25, -0.2) is 9.18 Å². The summed E-state index contributed by atoms with van der Waals surface area (Å²) in [6.07, 6.45) is 1.70. The zero-order chi connectivity index (χ0) is 21.6. The van der Waals surface area contributed by atoms with E-state index < -0.39 is 17.1 Å². The Labute approximate surface area is 170 Å². The van der Waals surface area contributed by atoms with E-state index in [1.165, 1.54) is 30.7 Å². The second-order valence-corrected chi connectivity index (χ2v) is 7.05. The van der Waals surface area contributed by atoms with Crippen LogP contribution in [0, 0.1) is 5.82 Å². The third-order valence-corrected chi connectivity index (χ3v) is 5.00. The van der Waals surface area contributed by atoms with Gasteiger partial charge in [-0.2, -0.15) is 0 Å². The third-order valence-electron chi connectivity index (χ3n) is 5.00. The third kappa shape index (κ3) is 3.12. The molecule has 0 saturated heterocycles. The summed E-state index contributed by atoms with van der Waals surface area (Å²) in [5.41, 5.74) is 1.97. The van der Waals surface area contributed by atoms with Crippen molar-refractivity contribution >= 4 is 22.5 Å². The maximum absolute atomic E-state index is 13.5. The van der Waals surface area contributed by atoms with Gasteiger partial charge >= 0.3 is 5.69 Å². The number of aryl methyl sites for hydroxylation is 1. The molecule has 152 valence electrons. The van der Waals surface area contributed by atoms with Crippen molar-refractivity contribution in [3.05, 3.63) is 81.4 Å². The molecule has 0 saturated carbocycles. The first kappa shape index (κ1) is 19.4. The van der Waals surface area contributed by atoms with Crippen molar-refractivity contribution in [2.24, 2.45) is 14.1 Å². The van der Waals surface area contributed by atoms with Gasteiger partial charge in [0.05, 0.1) is 16.6 Å². The van der Waals surface area contributed by atoms with Gasteiger partial charge in [-0.3, -0.25) is 18.7 Å². The summed E-state index contributed by atoms with van der Waals surface area (Å²) in [5.74, 6) is -0.603. The van der Waals surface area contributed by atoms with Crippen LogP contribution in [0.4, 0.5) is 10.1 Å². The number of fused-ring (bicyclic) bond motifs is 1. The summed E-state index contributed by atoms with van der Waals surface area (Å²) in [5, 5.41) is 3.08. The van der Waals surface area contributed by atoms with E-state index in [1.807, 2.05) is 6.07 Å². The average Bonchev–Trinajstić information content (AvgIpc) is 3.12. The molecule has 0 fully saturated rings. The minimum atomic E-state index is -0.442. The lowest BCUT2D eigenvalue weighted by Gasteiger charge is -2.12. The Bertz CT molecular complexity index is 1410. The maximum atomic E-state index is 13.5. The largest absolute Gasteiger partial charge is 0.330 e. The van der Waals surface area contributed by atoms with Crippen LogP contribution in [0.5, 0.6) is 0 Å². The summed E-state index contributed by atoms with van der Waals surface area (Å²) in [4.78, 5) is 36.9. The predicted molar refractivity (Wildman–Crippen MR) is 113 cm³/mol. The number of amides is 1. The lowest BCUT2D eigenvalue weighted by Crippen LogP contribution is -2.36. The van der Waals surface area contributed by atoms with Crippen LogP contribution in [-0.2, 0) is 18.9 Å². The number of carbonyl (C=O) groups excluding carboxylic acids is 1. The molecule has 30 heavy (non-hydrogen) atoms. The van der Waals surface area contributed by atoms with E-state index in [1.54, 1.807) is 48.1 Å². The number of carbonyl (C=O) groups is 1. The fourth-order valence-electron chi connectivity index (χ4n) is 3.57. The topological polar surface area (TPSA) is 78.0 Å². The number of halogens is 1. The van der Waals surface area contributed by atoms with Crippen LogP contribution >= 0.6 is 0 Å². The molecule has 2 heterocycles. The molecule has 1 N–H and O–H groups in total. The Morgan fingerprint density at radius 3 is 2.37 bits per heavy atom. The maximum Gasteiger partial charge on any atom is 0.330 e. The van der Waals surface area contributed by atoms with Crippen molar-refractivity contribution in [3.63, 3.8) is 0 Å². The van der Waals surface area contributed by atoms with Gasteiger partial charge in [0.1, 0.15) is 5.82 Å². The van der Waals surface area contributed by atoms with Crippen LogP contribution in [0.1, 0.15) is 6.92 Å². The second kappa shape index (κ2) is 7.14. The van der Waals surface area contributed by atoms with E-state index in [-0.39, 0.29) is 5.91 Å². The molecule has 0 radical (unpaired) electrons. The van der Waals surface area contributed by atoms with Gasteiger partial charge in [-0.15, -0.1) is 0 Å². The van der Waals surface area contributed by atoms with Gasteiger partial charge in [0.25, 0.3) is 5.56 Å². The van der Waals surface area contributed by atoms with E-state index in [2.05, 4.69) is 5.32 Å². The zero-order valence-corrected chi connectivity index (χ0v) is 16.6. The van der Waals surface area contributed by atoms with Gasteiger partial charge in [-0.1, -0.05) is 6.07 Å². The normalized spacial score (nSPS) is 11.1. The van der Waals surface area contributed by atoms with Crippen LogP contribution in [0.15, 0.2) is 64.3 Å². The van der Waals surface area contributed by atoms with E-state index in [0.717, 1.165) is 4.57 Å². The first-order chi connectivity index (χ1) is 14.3. The minimum Gasteiger partial charge on any atom is -0.326 e. The Morgan fingerprint density at radius 1 is 1.00 bits per heavy atom. The van der Waals surface area contributed by atoms with Crippen molar-refractivity contribution < 1.29 is 9.18 Å². The summed E-state index contributed by atoms with van der Waals surface area (Å²) in [7, 11) is 3.02.